The van der Waals surface area contributed by atoms with Gasteiger partial charge in [-0.25, -0.2) is 0 Å². The lowest BCUT2D eigenvalue weighted by Gasteiger charge is -2.19. The highest BCUT2D eigenvalue weighted by Gasteiger charge is 2.33. The third-order valence-corrected chi connectivity index (χ3v) is 7.29. The van der Waals surface area contributed by atoms with Crippen LogP contribution in [0.1, 0.15) is 34.8 Å². The Morgan fingerprint density at radius 2 is 1.52 bits per heavy atom. The lowest BCUT2D eigenvalue weighted by molar-refractivity contribution is -0.143. The van der Waals surface area contributed by atoms with Crippen molar-refractivity contribution in [3.8, 4) is 28.0 Å². The van der Waals surface area contributed by atoms with Crippen LogP contribution in [-0.4, -0.2) is 32.1 Å². The Bertz CT molecular complexity index is 1630. The highest BCUT2D eigenvalue weighted by molar-refractivity contribution is 6.33. The number of hydrogen-bond donors (Lipinski definition) is 2. The number of anilines is 1. The van der Waals surface area contributed by atoms with Crippen LogP contribution < -0.4 is 15.4 Å². The largest absolute Gasteiger partial charge is 0.496 e. The van der Waals surface area contributed by atoms with Crippen LogP contribution in [0.15, 0.2) is 78.9 Å². The van der Waals surface area contributed by atoms with E-state index in [9.17, 15) is 22.8 Å². The molecule has 0 spiro atoms. The predicted octanol–water partition coefficient (Wildman–Crippen LogP) is 8.65. The van der Waals surface area contributed by atoms with E-state index in [1.54, 1.807) is 37.3 Å². The number of carbonyl (C=O) groups is 2. The summed E-state index contributed by atoms with van der Waals surface area (Å²) < 4.78 is 51.8. The highest BCUT2D eigenvalue weighted by Crippen LogP contribution is 2.40. The Morgan fingerprint density at radius 1 is 0.864 bits per heavy atom. The number of benzene rings is 4. The van der Waals surface area contributed by atoms with Gasteiger partial charge < -0.3 is 20.1 Å². The number of ether oxygens (including phenoxy) is 2. The molecule has 0 aliphatic carbocycles. The Hall–Kier alpha value is -4.21. The second kappa shape index (κ2) is 14.5. The van der Waals surface area contributed by atoms with E-state index in [1.165, 1.54) is 19.2 Å². The van der Waals surface area contributed by atoms with Gasteiger partial charge in [0.15, 0.2) is 0 Å². The van der Waals surface area contributed by atoms with Crippen molar-refractivity contribution >= 4 is 40.8 Å². The van der Waals surface area contributed by atoms with Crippen molar-refractivity contribution in [1.29, 1.82) is 0 Å². The van der Waals surface area contributed by atoms with Gasteiger partial charge in [0, 0.05) is 40.5 Å². The molecule has 0 aliphatic heterocycles. The first-order valence-corrected chi connectivity index (χ1v) is 14.4. The van der Waals surface area contributed by atoms with Gasteiger partial charge >= 0.3 is 12.1 Å². The van der Waals surface area contributed by atoms with Crippen LogP contribution in [0, 0.1) is 0 Å². The number of hydrogen-bond acceptors (Lipinski definition) is 5. The second-order valence-corrected chi connectivity index (χ2v) is 10.5. The maximum atomic E-state index is 13.8. The molecule has 11 heteroatoms. The Morgan fingerprint density at radius 3 is 2.14 bits per heavy atom. The van der Waals surface area contributed by atoms with Gasteiger partial charge in [-0.3, -0.25) is 9.59 Å². The molecule has 230 valence electrons. The molecule has 44 heavy (non-hydrogen) atoms. The molecule has 4 rings (SSSR count). The fourth-order valence-corrected chi connectivity index (χ4v) is 4.94. The summed E-state index contributed by atoms with van der Waals surface area (Å²) >= 11 is 12.6. The molecule has 0 radical (unpaired) electrons. The van der Waals surface area contributed by atoms with Crippen molar-refractivity contribution < 1.29 is 32.2 Å². The van der Waals surface area contributed by atoms with E-state index in [0.29, 0.717) is 26.9 Å². The Labute approximate surface area is 263 Å². The molecule has 4 aromatic rings. The zero-order valence-electron chi connectivity index (χ0n) is 23.9. The van der Waals surface area contributed by atoms with Gasteiger partial charge in [0.2, 0.25) is 0 Å². The van der Waals surface area contributed by atoms with Crippen LogP contribution >= 0.6 is 23.2 Å². The number of amides is 1. The fraction of sp³-hybridized carbons (Fsp3) is 0.212. The normalized spacial score (nSPS) is 11.2. The molecule has 6 nitrogen and oxygen atoms in total. The average Bonchev–Trinajstić information content (AvgIpc) is 3.00. The maximum Gasteiger partial charge on any atom is 0.416 e. The van der Waals surface area contributed by atoms with Gasteiger partial charge in [-0.1, -0.05) is 53.5 Å². The lowest BCUT2D eigenvalue weighted by Crippen LogP contribution is -2.26. The van der Waals surface area contributed by atoms with Gasteiger partial charge in [0.25, 0.3) is 5.91 Å². The molecule has 0 fully saturated rings. The summed E-state index contributed by atoms with van der Waals surface area (Å²) in [6.45, 7) is 2.14. The molecular formula is C33H29Cl2F3N2O4. The van der Waals surface area contributed by atoms with Crippen molar-refractivity contribution in [2.24, 2.45) is 0 Å². The summed E-state index contributed by atoms with van der Waals surface area (Å²) in [7, 11) is 1.31. The van der Waals surface area contributed by atoms with Gasteiger partial charge in [-0.15, -0.1) is 0 Å². The molecule has 0 saturated carbocycles. The van der Waals surface area contributed by atoms with Crippen molar-refractivity contribution in [3.63, 3.8) is 0 Å². The minimum absolute atomic E-state index is 0.0210. The zero-order valence-corrected chi connectivity index (χ0v) is 25.4. The molecule has 0 atom stereocenters. The van der Waals surface area contributed by atoms with E-state index in [1.807, 2.05) is 24.3 Å². The van der Waals surface area contributed by atoms with E-state index in [-0.39, 0.29) is 43.0 Å². The van der Waals surface area contributed by atoms with Gasteiger partial charge in [-0.2, -0.15) is 13.2 Å². The number of methoxy groups -OCH3 is 1. The first kappa shape index (κ1) is 32.7. The summed E-state index contributed by atoms with van der Waals surface area (Å²) in [6, 6.07) is 20.8. The molecule has 0 aromatic heterocycles. The Balaban J connectivity index is 1.59. The number of nitrogens with one attached hydrogen (secondary N) is 2. The minimum Gasteiger partial charge on any atom is -0.496 e. The number of rotatable bonds is 11. The topological polar surface area (TPSA) is 76.7 Å². The molecule has 0 unspecified atom stereocenters. The van der Waals surface area contributed by atoms with Crippen molar-refractivity contribution in [2.45, 2.75) is 26.1 Å². The highest BCUT2D eigenvalue weighted by atomic mass is 35.5. The van der Waals surface area contributed by atoms with Crippen LogP contribution in [0.25, 0.3) is 22.3 Å². The van der Waals surface area contributed by atoms with Crippen molar-refractivity contribution in [1.82, 2.24) is 5.32 Å². The van der Waals surface area contributed by atoms with Gasteiger partial charge in [-0.05, 0) is 72.1 Å². The van der Waals surface area contributed by atoms with Crippen LogP contribution in [0.4, 0.5) is 18.9 Å². The zero-order chi connectivity index (χ0) is 31.9. The monoisotopic (exact) mass is 644 g/mol. The number of alkyl halides is 3. The van der Waals surface area contributed by atoms with Crippen molar-refractivity contribution in [3.05, 3.63) is 106 Å². The van der Waals surface area contributed by atoms with E-state index in [0.717, 1.165) is 23.3 Å². The van der Waals surface area contributed by atoms with Crippen LogP contribution in [0.2, 0.25) is 10.0 Å². The number of esters is 1. The summed E-state index contributed by atoms with van der Waals surface area (Å²) in [4.78, 5) is 24.1. The summed E-state index contributed by atoms with van der Waals surface area (Å²) in [6.07, 6.45) is -4.59. The SMILES string of the molecule is CCOC(=O)CCNC(=O)c1ccc(-c2cc(C(F)(F)F)cc(OC)c2CNc2ccc(-c3ccc(Cl)cc3)c(Cl)c2)cc1. The third kappa shape index (κ3) is 8.24. The predicted molar refractivity (Wildman–Crippen MR) is 166 cm³/mol. The molecule has 0 aliphatic rings. The van der Waals surface area contributed by atoms with Crippen LogP contribution in [0.3, 0.4) is 0 Å². The summed E-state index contributed by atoms with van der Waals surface area (Å²) in [5.41, 5.74) is 2.95. The Kier molecular flexibility index (Phi) is 10.8. The average molecular weight is 646 g/mol. The molecule has 0 bridgehead atoms. The molecule has 0 heterocycles. The van der Waals surface area contributed by atoms with Crippen molar-refractivity contribution in [2.75, 3.05) is 25.6 Å². The molecule has 4 aromatic carbocycles. The maximum absolute atomic E-state index is 13.8. The number of carbonyl (C=O) groups excluding carboxylic acids is 2. The molecule has 1 amide bonds. The third-order valence-electron chi connectivity index (χ3n) is 6.73. The molecule has 2 N–H and O–H groups in total. The van der Waals surface area contributed by atoms with E-state index >= 15 is 0 Å². The molecule has 0 saturated heterocycles. The quantitative estimate of drug-likeness (QED) is 0.160. The smallest absolute Gasteiger partial charge is 0.416 e. The van der Waals surface area contributed by atoms with Gasteiger partial charge in [0.05, 0.1) is 30.7 Å². The second-order valence-electron chi connectivity index (χ2n) is 9.65. The van der Waals surface area contributed by atoms with Crippen LogP contribution in [0.5, 0.6) is 5.75 Å². The van der Waals surface area contributed by atoms with Crippen LogP contribution in [-0.2, 0) is 22.3 Å². The number of halogens is 5. The van der Waals surface area contributed by atoms with E-state index in [2.05, 4.69) is 10.6 Å². The first-order chi connectivity index (χ1) is 21.0. The standard InChI is InChI=1S/C33H29Cl2F3N2O4/c1-3-44-31(41)14-15-39-32(42)22-6-4-21(5-7-22)27-16-23(33(36,37)38)17-30(43-2)28(27)19-40-25-12-13-26(29(35)18-25)20-8-10-24(34)11-9-20/h4-13,16-18,40H,3,14-15,19H2,1-2H3,(H,39,42). The van der Waals surface area contributed by atoms with E-state index in [4.69, 9.17) is 32.7 Å². The first-order valence-electron chi connectivity index (χ1n) is 13.6. The molecular weight excluding hydrogens is 616 g/mol. The van der Waals surface area contributed by atoms with Gasteiger partial charge in [0.1, 0.15) is 5.75 Å². The summed E-state index contributed by atoms with van der Waals surface area (Å²) in [5.74, 6) is -0.808. The summed E-state index contributed by atoms with van der Waals surface area (Å²) in [5, 5.41) is 6.95. The minimum atomic E-state index is -4.61. The van der Waals surface area contributed by atoms with E-state index < -0.39 is 23.6 Å². The lowest BCUT2D eigenvalue weighted by atomic mass is 9.95. The fourth-order valence-electron chi connectivity index (χ4n) is 4.52.